The summed E-state index contributed by atoms with van der Waals surface area (Å²) in [5.74, 6) is 0.748. The molecule has 0 aliphatic heterocycles. The lowest BCUT2D eigenvalue weighted by molar-refractivity contribution is -0.385. The van der Waals surface area contributed by atoms with Gasteiger partial charge in [-0.1, -0.05) is 30.3 Å². The first-order valence-corrected chi connectivity index (χ1v) is 8.54. The molecule has 0 unspecified atom stereocenters. The number of nitro benzene ring substituents is 2. The van der Waals surface area contributed by atoms with Crippen LogP contribution in [0.4, 0.5) is 22.9 Å². The molecular weight excluding hydrogens is 374 g/mol. The van der Waals surface area contributed by atoms with Gasteiger partial charge in [-0.05, 0) is 18.2 Å². The van der Waals surface area contributed by atoms with E-state index < -0.39 is 9.85 Å². The maximum Gasteiger partial charge on any atom is 0.271 e. The van der Waals surface area contributed by atoms with Gasteiger partial charge in [0, 0.05) is 40.9 Å². The molecule has 0 aliphatic rings. The predicted molar refractivity (Wildman–Crippen MR) is 108 cm³/mol. The molecule has 0 fully saturated rings. The van der Waals surface area contributed by atoms with Crippen LogP contribution in [0.3, 0.4) is 0 Å². The van der Waals surface area contributed by atoms with E-state index in [1.54, 1.807) is 30.3 Å². The fraction of sp³-hybridized carbons (Fsp3) is 0. The van der Waals surface area contributed by atoms with E-state index in [-0.39, 0.29) is 11.4 Å². The van der Waals surface area contributed by atoms with Crippen molar-refractivity contribution in [2.24, 2.45) is 0 Å². The quantitative estimate of drug-likeness (QED) is 0.383. The highest BCUT2D eigenvalue weighted by atomic mass is 16.6. The summed E-state index contributed by atoms with van der Waals surface area (Å²) in [6.45, 7) is 0. The monoisotopic (exact) mass is 387 g/mol. The van der Waals surface area contributed by atoms with Gasteiger partial charge in [0.25, 0.3) is 11.4 Å². The van der Waals surface area contributed by atoms with Crippen LogP contribution in [-0.2, 0) is 0 Å². The lowest BCUT2D eigenvalue weighted by Gasteiger charge is -2.11. The molecule has 4 rings (SSSR count). The lowest BCUT2D eigenvalue weighted by atomic mass is 10.1. The van der Waals surface area contributed by atoms with E-state index in [0.29, 0.717) is 33.8 Å². The molecule has 0 atom stereocenters. The molecule has 3 aromatic carbocycles. The minimum atomic E-state index is -0.479. The van der Waals surface area contributed by atoms with Crippen molar-refractivity contribution in [2.75, 3.05) is 5.32 Å². The van der Waals surface area contributed by atoms with Crippen LogP contribution in [0, 0.1) is 20.2 Å². The van der Waals surface area contributed by atoms with Crippen LogP contribution >= 0.6 is 0 Å². The van der Waals surface area contributed by atoms with Crippen molar-refractivity contribution in [2.45, 2.75) is 0 Å². The van der Waals surface area contributed by atoms with E-state index in [4.69, 9.17) is 0 Å². The number of benzene rings is 3. The fourth-order valence-corrected chi connectivity index (χ4v) is 2.89. The molecule has 0 aliphatic carbocycles. The molecule has 9 nitrogen and oxygen atoms in total. The van der Waals surface area contributed by atoms with Crippen molar-refractivity contribution in [3.63, 3.8) is 0 Å². The third kappa shape index (κ3) is 3.69. The molecule has 0 spiro atoms. The van der Waals surface area contributed by atoms with Crippen LogP contribution in [0.5, 0.6) is 0 Å². The molecule has 0 saturated heterocycles. The summed E-state index contributed by atoms with van der Waals surface area (Å²) in [5, 5.41) is 25.9. The minimum Gasteiger partial charge on any atom is -0.339 e. The molecule has 1 N–H and O–H groups in total. The zero-order valence-electron chi connectivity index (χ0n) is 14.9. The number of rotatable bonds is 5. The van der Waals surface area contributed by atoms with Gasteiger partial charge in [0.2, 0.25) is 0 Å². The summed E-state index contributed by atoms with van der Waals surface area (Å²) in [4.78, 5) is 30.2. The number of non-ortho nitro benzene ring substituents is 2. The molecule has 0 radical (unpaired) electrons. The number of para-hydroxylation sites is 1. The molecule has 0 amide bonds. The highest BCUT2D eigenvalue weighted by Gasteiger charge is 2.14. The Labute approximate surface area is 164 Å². The van der Waals surface area contributed by atoms with Crippen molar-refractivity contribution in [1.29, 1.82) is 0 Å². The fourth-order valence-electron chi connectivity index (χ4n) is 2.89. The highest BCUT2D eigenvalue weighted by molar-refractivity contribution is 5.92. The standard InChI is InChI=1S/C20H13N5O4/c26-24(27)15-7-3-5-13(11-15)19-22-18-10-2-1-9-17(18)20(23-19)21-14-6-4-8-16(12-14)25(28)29/h1-12H,(H,21,22,23). The smallest absolute Gasteiger partial charge is 0.271 e. The third-order valence-electron chi connectivity index (χ3n) is 4.24. The Bertz CT molecular complexity index is 1260. The number of anilines is 2. The summed E-state index contributed by atoms with van der Waals surface area (Å²) in [6.07, 6.45) is 0. The minimum absolute atomic E-state index is 0.0488. The normalized spacial score (nSPS) is 10.6. The first kappa shape index (κ1) is 18.0. The maximum absolute atomic E-state index is 11.1. The average molecular weight is 387 g/mol. The van der Waals surface area contributed by atoms with Crippen molar-refractivity contribution >= 4 is 33.8 Å². The summed E-state index contributed by atoms with van der Waals surface area (Å²) in [6, 6.07) is 19.4. The van der Waals surface area contributed by atoms with Gasteiger partial charge < -0.3 is 5.32 Å². The molecule has 142 valence electrons. The van der Waals surface area contributed by atoms with Gasteiger partial charge in [-0.3, -0.25) is 20.2 Å². The number of nitrogens with zero attached hydrogens (tertiary/aromatic N) is 4. The van der Waals surface area contributed by atoms with Crippen LogP contribution in [0.1, 0.15) is 0 Å². The van der Waals surface area contributed by atoms with E-state index in [9.17, 15) is 20.2 Å². The Morgan fingerprint density at radius 3 is 2.21 bits per heavy atom. The number of nitro groups is 2. The Hall–Kier alpha value is -4.40. The summed E-state index contributed by atoms with van der Waals surface area (Å²) in [5.41, 5.74) is 1.51. The molecule has 29 heavy (non-hydrogen) atoms. The highest BCUT2D eigenvalue weighted by Crippen LogP contribution is 2.29. The topological polar surface area (TPSA) is 124 Å². The van der Waals surface area contributed by atoms with Crippen LogP contribution < -0.4 is 5.32 Å². The van der Waals surface area contributed by atoms with Gasteiger partial charge in [-0.15, -0.1) is 0 Å². The van der Waals surface area contributed by atoms with Crippen molar-refractivity contribution in [3.05, 3.63) is 93.0 Å². The third-order valence-corrected chi connectivity index (χ3v) is 4.24. The van der Waals surface area contributed by atoms with Gasteiger partial charge in [0.1, 0.15) is 5.82 Å². The zero-order chi connectivity index (χ0) is 20.4. The average Bonchev–Trinajstić information content (AvgIpc) is 2.74. The van der Waals surface area contributed by atoms with Gasteiger partial charge in [-0.2, -0.15) is 0 Å². The Kier molecular flexibility index (Phi) is 4.54. The van der Waals surface area contributed by atoms with Crippen molar-refractivity contribution in [3.8, 4) is 11.4 Å². The molecular formula is C20H13N5O4. The zero-order valence-corrected chi connectivity index (χ0v) is 14.9. The molecule has 1 heterocycles. The van der Waals surface area contributed by atoms with E-state index in [1.165, 1.54) is 24.3 Å². The van der Waals surface area contributed by atoms with Crippen molar-refractivity contribution < 1.29 is 9.85 Å². The first-order chi connectivity index (χ1) is 14.0. The van der Waals surface area contributed by atoms with Crippen LogP contribution in [0.15, 0.2) is 72.8 Å². The molecule has 0 saturated carbocycles. The summed E-state index contributed by atoms with van der Waals surface area (Å²) < 4.78 is 0. The lowest BCUT2D eigenvalue weighted by Crippen LogP contribution is -2.00. The van der Waals surface area contributed by atoms with Crippen molar-refractivity contribution in [1.82, 2.24) is 9.97 Å². The number of fused-ring (bicyclic) bond motifs is 1. The second kappa shape index (κ2) is 7.31. The number of aromatic nitrogens is 2. The van der Waals surface area contributed by atoms with Gasteiger partial charge in [0.15, 0.2) is 5.82 Å². The van der Waals surface area contributed by atoms with Gasteiger partial charge >= 0.3 is 0 Å². The Balaban J connectivity index is 1.83. The summed E-state index contributed by atoms with van der Waals surface area (Å²) >= 11 is 0. The second-order valence-electron chi connectivity index (χ2n) is 6.15. The van der Waals surface area contributed by atoms with E-state index >= 15 is 0 Å². The first-order valence-electron chi connectivity index (χ1n) is 8.54. The second-order valence-corrected chi connectivity index (χ2v) is 6.15. The predicted octanol–water partition coefficient (Wildman–Crippen LogP) is 4.86. The van der Waals surface area contributed by atoms with E-state index in [1.807, 2.05) is 18.2 Å². The Morgan fingerprint density at radius 2 is 1.45 bits per heavy atom. The largest absolute Gasteiger partial charge is 0.339 e. The molecule has 1 aromatic heterocycles. The maximum atomic E-state index is 11.1. The molecule has 9 heteroatoms. The number of hydrogen-bond acceptors (Lipinski definition) is 7. The van der Waals surface area contributed by atoms with Gasteiger partial charge in [-0.25, -0.2) is 9.97 Å². The number of nitrogens with one attached hydrogen (secondary N) is 1. The Morgan fingerprint density at radius 1 is 0.759 bits per heavy atom. The number of hydrogen-bond donors (Lipinski definition) is 1. The van der Waals surface area contributed by atoms with Crippen LogP contribution in [0.2, 0.25) is 0 Å². The van der Waals surface area contributed by atoms with Gasteiger partial charge in [0.05, 0.1) is 15.4 Å². The summed E-state index contributed by atoms with van der Waals surface area (Å²) in [7, 11) is 0. The molecule has 4 aromatic rings. The van der Waals surface area contributed by atoms with Crippen LogP contribution in [0.25, 0.3) is 22.3 Å². The van der Waals surface area contributed by atoms with E-state index in [2.05, 4.69) is 15.3 Å². The van der Waals surface area contributed by atoms with Crippen LogP contribution in [-0.4, -0.2) is 19.8 Å². The molecule has 0 bridgehead atoms. The van der Waals surface area contributed by atoms with E-state index in [0.717, 1.165) is 0 Å². The SMILES string of the molecule is O=[N+]([O-])c1cccc(Nc2nc(-c3cccc([N+](=O)[O-])c3)nc3ccccc23)c1.